The van der Waals surface area contributed by atoms with E-state index in [2.05, 4.69) is 14.7 Å². The molecule has 112 valence electrons. The molecule has 1 heterocycles. The number of nitrogens with one attached hydrogen (secondary N) is 1. The second-order valence-corrected chi connectivity index (χ2v) is 6.81. The van der Waals surface area contributed by atoms with Crippen LogP contribution in [0.25, 0.3) is 0 Å². The number of hydrogen-bond donors (Lipinski definition) is 1. The van der Waals surface area contributed by atoms with Crippen LogP contribution in [0.4, 0.5) is 5.69 Å². The van der Waals surface area contributed by atoms with Crippen molar-refractivity contribution in [3.05, 3.63) is 23.8 Å². The van der Waals surface area contributed by atoms with Gasteiger partial charge in [-0.15, -0.1) is 0 Å². The number of carbonyl (C=O) groups excluding carboxylic acids is 1. The Balaban J connectivity index is 1.89. The number of aryl methyl sites for hydroxylation is 1. The third-order valence-electron chi connectivity index (χ3n) is 2.61. The summed E-state index contributed by atoms with van der Waals surface area (Å²) in [6, 6.07) is 5.55. The molecule has 0 bridgehead atoms. The fraction of sp³-hybridized carbons (Fsp3) is 0.308. The summed E-state index contributed by atoms with van der Waals surface area (Å²) < 4.78 is 10.1. The van der Waals surface area contributed by atoms with Gasteiger partial charge in [0.1, 0.15) is 5.75 Å². The Labute approximate surface area is 136 Å². The quantitative estimate of drug-likeness (QED) is 0.813. The van der Waals surface area contributed by atoms with E-state index >= 15 is 0 Å². The lowest BCUT2D eigenvalue weighted by atomic mass is 10.2. The van der Waals surface area contributed by atoms with Crippen molar-refractivity contribution in [2.75, 3.05) is 24.4 Å². The van der Waals surface area contributed by atoms with Crippen molar-refractivity contribution in [1.82, 2.24) is 9.36 Å². The van der Waals surface area contributed by atoms with E-state index in [0.717, 1.165) is 26.5 Å². The zero-order chi connectivity index (χ0) is 15.2. The summed E-state index contributed by atoms with van der Waals surface area (Å²) >= 11 is 4.20. The highest BCUT2D eigenvalue weighted by molar-refractivity contribution is 8.01. The minimum Gasteiger partial charge on any atom is -0.497 e. The van der Waals surface area contributed by atoms with Crippen LogP contribution in [0.5, 0.6) is 5.75 Å². The summed E-state index contributed by atoms with van der Waals surface area (Å²) in [5.41, 5.74) is 1.76. The normalized spacial score (nSPS) is 10.4. The first-order valence-corrected chi connectivity index (χ1v) is 9.05. The number of nitrogens with zero attached hydrogens (tertiary/aromatic N) is 2. The molecular weight excluding hydrogens is 326 g/mol. The van der Waals surface area contributed by atoms with Crippen LogP contribution in [0.3, 0.4) is 0 Å². The lowest BCUT2D eigenvalue weighted by molar-refractivity contribution is -0.113. The number of methoxy groups -OCH3 is 1. The van der Waals surface area contributed by atoms with Crippen LogP contribution >= 0.6 is 35.1 Å². The van der Waals surface area contributed by atoms with Crippen LogP contribution in [0, 0.1) is 6.92 Å². The monoisotopic (exact) mass is 341 g/mol. The smallest absolute Gasteiger partial charge is 0.234 e. The third-order valence-corrected chi connectivity index (χ3v) is 5.10. The molecule has 1 N–H and O–H groups in total. The summed E-state index contributed by atoms with van der Waals surface area (Å²) in [4.78, 5) is 16.2. The van der Waals surface area contributed by atoms with Gasteiger partial charge in [-0.3, -0.25) is 4.79 Å². The Morgan fingerprint density at radius 1 is 1.48 bits per heavy atom. The van der Waals surface area contributed by atoms with E-state index < -0.39 is 0 Å². The van der Waals surface area contributed by atoms with Gasteiger partial charge in [0.2, 0.25) is 11.1 Å². The lowest BCUT2D eigenvalue weighted by Crippen LogP contribution is -2.14. The minimum absolute atomic E-state index is 0.0610. The zero-order valence-corrected chi connectivity index (χ0v) is 14.3. The van der Waals surface area contributed by atoms with E-state index in [-0.39, 0.29) is 5.91 Å². The van der Waals surface area contributed by atoms with Gasteiger partial charge in [-0.1, -0.05) is 23.5 Å². The van der Waals surface area contributed by atoms with Gasteiger partial charge < -0.3 is 10.1 Å². The van der Waals surface area contributed by atoms with E-state index in [1.54, 1.807) is 7.11 Å². The van der Waals surface area contributed by atoms with Gasteiger partial charge >= 0.3 is 0 Å². The summed E-state index contributed by atoms with van der Waals surface area (Å²) in [7, 11) is 1.62. The molecule has 21 heavy (non-hydrogen) atoms. The fourth-order valence-electron chi connectivity index (χ4n) is 1.56. The topological polar surface area (TPSA) is 64.1 Å². The molecule has 0 saturated carbocycles. The highest BCUT2D eigenvalue weighted by Gasteiger charge is 2.09. The van der Waals surface area contributed by atoms with Crippen molar-refractivity contribution < 1.29 is 9.53 Å². The molecule has 0 aliphatic rings. The van der Waals surface area contributed by atoms with Gasteiger partial charge in [0.05, 0.1) is 12.9 Å². The lowest BCUT2D eigenvalue weighted by Gasteiger charge is -2.09. The van der Waals surface area contributed by atoms with Crippen LogP contribution in [0.15, 0.2) is 27.7 Å². The first-order valence-electron chi connectivity index (χ1n) is 6.07. The molecule has 0 aliphatic carbocycles. The number of hydrogen-bond acceptors (Lipinski definition) is 7. The van der Waals surface area contributed by atoms with Gasteiger partial charge in [0.25, 0.3) is 0 Å². The zero-order valence-electron chi connectivity index (χ0n) is 11.9. The summed E-state index contributed by atoms with van der Waals surface area (Å²) in [5.74, 6) is 1.03. The van der Waals surface area contributed by atoms with Crippen LogP contribution in [0.2, 0.25) is 0 Å². The highest BCUT2D eigenvalue weighted by Crippen LogP contribution is 2.24. The molecule has 0 spiro atoms. The van der Waals surface area contributed by atoms with Crippen molar-refractivity contribution in [3.63, 3.8) is 0 Å². The van der Waals surface area contributed by atoms with Crippen LogP contribution in [0.1, 0.15) is 5.56 Å². The Bertz CT molecular complexity index is 631. The number of benzene rings is 1. The molecule has 1 aromatic carbocycles. The van der Waals surface area contributed by atoms with E-state index in [9.17, 15) is 4.79 Å². The van der Waals surface area contributed by atoms with Gasteiger partial charge in [0.15, 0.2) is 4.34 Å². The van der Waals surface area contributed by atoms with Crippen LogP contribution in [-0.2, 0) is 4.79 Å². The maximum Gasteiger partial charge on any atom is 0.234 e. The van der Waals surface area contributed by atoms with E-state index in [4.69, 9.17) is 4.74 Å². The molecular formula is C13H15N3O2S3. The predicted molar refractivity (Wildman–Crippen MR) is 88.8 cm³/mol. The first kappa shape index (κ1) is 16.1. The molecule has 8 heteroatoms. The molecule has 5 nitrogen and oxygen atoms in total. The number of ether oxygens (including phenoxy) is 1. The fourth-order valence-corrected chi connectivity index (χ4v) is 3.57. The van der Waals surface area contributed by atoms with Gasteiger partial charge in [-0.05, 0) is 48.5 Å². The Morgan fingerprint density at radius 2 is 2.29 bits per heavy atom. The number of anilines is 1. The maximum absolute atomic E-state index is 12.0. The molecule has 0 radical (unpaired) electrons. The molecule has 1 aromatic heterocycles. The van der Waals surface area contributed by atoms with Gasteiger partial charge in [-0.25, -0.2) is 4.98 Å². The van der Waals surface area contributed by atoms with Crippen molar-refractivity contribution in [1.29, 1.82) is 0 Å². The molecule has 0 atom stereocenters. The van der Waals surface area contributed by atoms with Crippen molar-refractivity contribution in [2.24, 2.45) is 0 Å². The second-order valence-electron chi connectivity index (χ2n) is 4.06. The minimum atomic E-state index is -0.0610. The Hall–Kier alpha value is -1.25. The van der Waals surface area contributed by atoms with Gasteiger partial charge in [-0.2, -0.15) is 4.37 Å². The average Bonchev–Trinajstić information content (AvgIpc) is 2.95. The molecule has 0 aliphatic heterocycles. The average molecular weight is 341 g/mol. The summed E-state index contributed by atoms with van der Waals surface area (Å²) in [6.07, 6.45) is 1.93. The number of rotatable bonds is 6. The second kappa shape index (κ2) is 7.67. The largest absolute Gasteiger partial charge is 0.497 e. The van der Waals surface area contributed by atoms with E-state index in [1.165, 1.54) is 35.1 Å². The summed E-state index contributed by atoms with van der Waals surface area (Å²) in [5, 5.41) is 3.63. The van der Waals surface area contributed by atoms with Crippen molar-refractivity contribution in [2.45, 2.75) is 16.4 Å². The predicted octanol–water partition coefficient (Wildman–Crippen LogP) is 3.31. The third kappa shape index (κ3) is 4.62. The SMILES string of the molecule is COc1ccc(NC(=O)CSc2nc(SC)ns2)c(C)c1. The van der Waals surface area contributed by atoms with Crippen LogP contribution in [-0.4, -0.2) is 34.4 Å². The molecule has 0 saturated heterocycles. The summed E-state index contributed by atoms with van der Waals surface area (Å²) in [6.45, 7) is 1.93. The van der Waals surface area contributed by atoms with Gasteiger partial charge in [0, 0.05) is 5.69 Å². The molecule has 0 unspecified atom stereocenters. The van der Waals surface area contributed by atoms with Crippen LogP contribution < -0.4 is 10.1 Å². The van der Waals surface area contributed by atoms with E-state index in [1.807, 2.05) is 31.4 Å². The number of carbonyl (C=O) groups is 1. The van der Waals surface area contributed by atoms with E-state index in [0.29, 0.717) is 5.75 Å². The molecule has 1 amide bonds. The number of aromatic nitrogens is 2. The highest BCUT2D eigenvalue weighted by atomic mass is 32.2. The molecule has 2 aromatic rings. The number of thioether (sulfide) groups is 2. The first-order chi connectivity index (χ1) is 10.1. The maximum atomic E-state index is 12.0. The number of amides is 1. The standard InChI is InChI=1S/C13H15N3O2S3/c1-8-6-9(18-2)4-5-10(8)14-11(17)7-20-13-15-12(19-3)16-21-13/h4-6H,7H2,1-3H3,(H,14,17). The Kier molecular flexibility index (Phi) is 5.89. The molecule has 2 rings (SSSR count). The van der Waals surface area contributed by atoms with Crippen molar-refractivity contribution >= 4 is 46.7 Å². The van der Waals surface area contributed by atoms with Crippen molar-refractivity contribution in [3.8, 4) is 5.75 Å². The Morgan fingerprint density at radius 3 is 2.90 bits per heavy atom. The molecule has 0 fully saturated rings.